The maximum absolute atomic E-state index is 12.1. The van der Waals surface area contributed by atoms with E-state index in [1.165, 1.54) is 34.7 Å². The van der Waals surface area contributed by atoms with Gasteiger partial charge in [-0.2, -0.15) is 0 Å². The molecule has 2 aromatic heterocycles. The third kappa shape index (κ3) is 7.91. The fourth-order valence-electron chi connectivity index (χ4n) is 5.93. The molecule has 0 spiro atoms. The normalized spacial score (nSPS) is 10.9. The molecule has 5 aromatic carbocycles. The molecule has 2 N–H and O–H groups in total. The first-order valence-electron chi connectivity index (χ1n) is 15.9. The summed E-state index contributed by atoms with van der Waals surface area (Å²) >= 11 is 6.07. The lowest BCUT2D eigenvalue weighted by molar-refractivity contribution is 0.0599. The van der Waals surface area contributed by atoms with Crippen LogP contribution in [0.3, 0.4) is 0 Å². The predicted molar refractivity (Wildman–Crippen MR) is 198 cm³/mol. The van der Waals surface area contributed by atoms with Crippen molar-refractivity contribution < 1.29 is 19.0 Å². The number of carbonyl (C=O) groups is 1. The van der Waals surface area contributed by atoms with E-state index in [1.54, 1.807) is 26.4 Å². The Labute approximate surface area is 291 Å². The predicted octanol–water partition coefficient (Wildman–Crippen LogP) is 9.01. The molecule has 0 unspecified atom stereocenters. The van der Waals surface area contributed by atoms with Crippen LogP contribution in [0.2, 0.25) is 5.02 Å². The largest absolute Gasteiger partial charge is 0.497 e. The third-order valence-corrected chi connectivity index (χ3v) is 8.76. The van der Waals surface area contributed by atoms with Gasteiger partial charge in [0.25, 0.3) is 0 Å². The number of nitrogens with two attached hydrogens (primary N) is 1. The number of nitrogen functional groups attached to an aromatic ring is 1. The molecule has 49 heavy (non-hydrogen) atoms. The van der Waals surface area contributed by atoms with E-state index in [0.717, 1.165) is 46.8 Å². The van der Waals surface area contributed by atoms with Crippen LogP contribution < -0.4 is 15.2 Å². The van der Waals surface area contributed by atoms with Crippen LogP contribution >= 0.6 is 11.6 Å². The van der Waals surface area contributed by atoms with Crippen molar-refractivity contribution in [2.45, 2.75) is 19.5 Å². The number of carbonyl (C=O) groups excluding carboxylic acids is 1. The Kier molecular flexibility index (Phi) is 10.2. The minimum Gasteiger partial charge on any atom is -0.497 e. The molecule has 0 fully saturated rings. The standard InChI is InChI=1S/C25H22ClNO3.C16H16N2O/c1-29-22-8-3-17(4-9-22)16-27-12-11-20-14-18(5-10-24(20)27)13-19-6-7-21(26)15-23(19)25(28)30-2;1-19-15-5-2-12(3-6-15)11-18-9-8-13-10-14(17)4-7-16(13)18/h3-12,14-15H,13,16H2,1-2H3;2-10H,11,17H2,1H3. The van der Waals surface area contributed by atoms with Gasteiger partial charge in [-0.25, -0.2) is 4.79 Å². The SMILES string of the molecule is COC(=O)c1cc(Cl)ccc1Cc1ccc2c(ccn2Cc2ccc(OC)cc2)c1.COc1ccc(Cn2ccc3cc(N)ccc32)cc1. The Balaban J connectivity index is 0.000000188. The van der Waals surface area contributed by atoms with Crippen molar-refractivity contribution in [1.29, 1.82) is 0 Å². The second-order valence-corrected chi connectivity index (χ2v) is 12.2. The molecule has 7 nitrogen and oxygen atoms in total. The maximum Gasteiger partial charge on any atom is 0.338 e. The summed E-state index contributed by atoms with van der Waals surface area (Å²) in [6.07, 6.45) is 4.82. The Bertz CT molecular complexity index is 2200. The number of esters is 1. The van der Waals surface area contributed by atoms with Crippen molar-refractivity contribution in [2.75, 3.05) is 27.1 Å². The molecule has 0 amide bonds. The van der Waals surface area contributed by atoms with E-state index in [4.69, 9.17) is 31.5 Å². The number of aromatic nitrogens is 2. The van der Waals surface area contributed by atoms with Crippen LogP contribution in [0, 0.1) is 0 Å². The highest BCUT2D eigenvalue weighted by atomic mass is 35.5. The smallest absolute Gasteiger partial charge is 0.338 e. The van der Waals surface area contributed by atoms with Gasteiger partial charge in [0.05, 0.1) is 26.9 Å². The van der Waals surface area contributed by atoms with Crippen LogP contribution in [0.25, 0.3) is 21.8 Å². The zero-order valence-corrected chi connectivity index (χ0v) is 28.5. The summed E-state index contributed by atoms with van der Waals surface area (Å²) in [7, 11) is 4.73. The lowest BCUT2D eigenvalue weighted by Gasteiger charge is -2.10. The van der Waals surface area contributed by atoms with Crippen molar-refractivity contribution in [2.24, 2.45) is 0 Å². The van der Waals surface area contributed by atoms with E-state index < -0.39 is 0 Å². The summed E-state index contributed by atoms with van der Waals surface area (Å²) in [6, 6.07) is 38.2. The highest BCUT2D eigenvalue weighted by Crippen LogP contribution is 2.25. The summed E-state index contributed by atoms with van der Waals surface area (Å²) < 4.78 is 19.7. The average Bonchev–Trinajstić information content (AvgIpc) is 3.72. The van der Waals surface area contributed by atoms with E-state index in [2.05, 4.69) is 82.2 Å². The molecule has 0 saturated carbocycles. The van der Waals surface area contributed by atoms with Crippen molar-refractivity contribution in [3.8, 4) is 11.5 Å². The first-order chi connectivity index (χ1) is 23.8. The fourth-order valence-corrected chi connectivity index (χ4v) is 6.10. The van der Waals surface area contributed by atoms with Gasteiger partial charge in [0.2, 0.25) is 0 Å². The Morgan fingerprint density at radius 3 is 1.71 bits per heavy atom. The summed E-state index contributed by atoms with van der Waals surface area (Å²) in [5.41, 5.74) is 13.9. The monoisotopic (exact) mass is 671 g/mol. The molecule has 0 bridgehead atoms. The summed E-state index contributed by atoms with van der Waals surface area (Å²) in [4.78, 5) is 12.1. The van der Waals surface area contributed by atoms with Gasteiger partial charge in [-0.1, -0.05) is 48.0 Å². The van der Waals surface area contributed by atoms with Gasteiger partial charge in [0, 0.05) is 52.6 Å². The molecular formula is C41H38ClN3O4. The van der Waals surface area contributed by atoms with Crippen LogP contribution in [0.5, 0.6) is 11.5 Å². The van der Waals surface area contributed by atoms with E-state index in [9.17, 15) is 4.79 Å². The second-order valence-electron chi connectivity index (χ2n) is 11.8. The summed E-state index contributed by atoms with van der Waals surface area (Å²) in [6.45, 7) is 1.63. The van der Waals surface area contributed by atoms with Gasteiger partial charge in [0.15, 0.2) is 0 Å². The molecule has 0 aliphatic heterocycles. The average molecular weight is 672 g/mol. The molecule has 0 aliphatic carbocycles. The van der Waals surface area contributed by atoms with Gasteiger partial charge in [-0.3, -0.25) is 0 Å². The quantitative estimate of drug-likeness (QED) is 0.122. The number of nitrogens with zero attached hydrogens (tertiary/aromatic N) is 2. The molecule has 7 aromatic rings. The number of benzene rings is 5. The first kappa shape index (κ1) is 33.2. The van der Waals surface area contributed by atoms with Crippen molar-refractivity contribution in [3.05, 3.63) is 160 Å². The molecule has 0 atom stereocenters. The zero-order valence-electron chi connectivity index (χ0n) is 27.7. The molecule has 0 aliphatic rings. The molecular weight excluding hydrogens is 634 g/mol. The first-order valence-corrected chi connectivity index (χ1v) is 16.3. The topological polar surface area (TPSA) is 80.6 Å². The Morgan fingerprint density at radius 2 is 1.16 bits per heavy atom. The molecule has 0 radical (unpaired) electrons. The molecule has 0 saturated heterocycles. The number of anilines is 1. The highest BCUT2D eigenvalue weighted by Gasteiger charge is 2.14. The Morgan fingerprint density at radius 1 is 0.633 bits per heavy atom. The van der Waals surface area contributed by atoms with Crippen molar-refractivity contribution >= 4 is 45.1 Å². The number of ether oxygens (including phenoxy) is 3. The van der Waals surface area contributed by atoms with Crippen molar-refractivity contribution in [3.63, 3.8) is 0 Å². The number of rotatable bonds is 9. The molecule has 248 valence electrons. The third-order valence-electron chi connectivity index (χ3n) is 8.53. The number of fused-ring (bicyclic) bond motifs is 2. The number of halogens is 1. The van der Waals surface area contributed by atoms with E-state index in [0.29, 0.717) is 17.0 Å². The number of hydrogen-bond donors (Lipinski definition) is 1. The highest BCUT2D eigenvalue weighted by molar-refractivity contribution is 6.31. The van der Waals surface area contributed by atoms with Crippen molar-refractivity contribution in [1.82, 2.24) is 9.13 Å². The van der Waals surface area contributed by atoms with Crippen LogP contribution in [0.1, 0.15) is 32.6 Å². The number of hydrogen-bond acceptors (Lipinski definition) is 5. The van der Waals surface area contributed by atoms with Gasteiger partial charge < -0.3 is 29.1 Å². The molecule has 7 rings (SSSR count). The van der Waals surface area contributed by atoms with Crippen LogP contribution in [0.15, 0.2) is 128 Å². The summed E-state index contributed by atoms with van der Waals surface area (Å²) in [5.74, 6) is 1.36. The van der Waals surface area contributed by atoms with Gasteiger partial charge in [-0.05, 0) is 113 Å². The Hall–Kier alpha value is -5.66. The van der Waals surface area contributed by atoms with Crippen LogP contribution in [0.4, 0.5) is 5.69 Å². The van der Waals surface area contributed by atoms with Crippen LogP contribution in [-0.4, -0.2) is 36.4 Å². The van der Waals surface area contributed by atoms with Gasteiger partial charge in [0.1, 0.15) is 11.5 Å². The second kappa shape index (κ2) is 15.0. The van der Waals surface area contributed by atoms with Gasteiger partial charge in [-0.15, -0.1) is 0 Å². The zero-order chi connectivity index (χ0) is 34.3. The van der Waals surface area contributed by atoms with Gasteiger partial charge >= 0.3 is 5.97 Å². The molecule has 8 heteroatoms. The minimum absolute atomic E-state index is 0.376. The minimum atomic E-state index is -0.376. The summed E-state index contributed by atoms with van der Waals surface area (Å²) in [5, 5.41) is 2.85. The fraction of sp³-hybridized carbons (Fsp3) is 0.146. The lowest BCUT2D eigenvalue weighted by atomic mass is 9.99. The molecule has 2 heterocycles. The van der Waals surface area contributed by atoms with Crippen LogP contribution in [-0.2, 0) is 24.2 Å². The maximum atomic E-state index is 12.1. The van der Waals surface area contributed by atoms with E-state index in [-0.39, 0.29) is 5.97 Å². The number of methoxy groups -OCH3 is 3. The van der Waals surface area contributed by atoms with E-state index >= 15 is 0 Å². The lowest BCUT2D eigenvalue weighted by Crippen LogP contribution is -2.06. The van der Waals surface area contributed by atoms with E-state index in [1.807, 2.05) is 42.5 Å².